The van der Waals surface area contributed by atoms with E-state index in [1.807, 2.05) is 4.90 Å². The Morgan fingerprint density at radius 1 is 1.46 bits per heavy atom. The molecule has 1 aromatic heterocycles. The first-order chi connectivity index (χ1) is 12.6. The van der Waals surface area contributed by atoms with Gasteiger partial charge in [0.15, 0.2) is 0 Å². The van der Waals surface area contributed by atoms with Gasteiger partial charge in [-0.15, -0.1) is 11.6 Å². The van der Waals surface area contributed by atoms with E-state index in [0.29, 0.717) is 49.1 Å². The smallest absolute Gasteiger partial charge is 0.379 e. The third-order valence-electron chi connectivity index (χ3n) is 4.24. The number of rotatable bonds is 6. The van der Waals surface area contributed by atoms with Crippen LogP contribution in [0.15, 0.2) is 18.3 Å². The average molecular weight is 631 g/mol. The molecule has 0 saturated carbocycles. The van der Waals surface area contributed by atoms with Crippen LogP contribution in [-0.4, -0.2) is 53.5 Å². The maximum atomic E-state index is 14.5. The first kappa shape index (κ1) is 25.0. The number of aldehydes is 1. The molecule has 28 heavy (non-hydrogen) atoms. The van der Waals surface area contributed by atoms with Crippen LogP contribution in [0.4, 0.5) is 16.0 Å². The van der Waals surface area contributed by atoms with Gasteiger partial charge in [0.05, 0.1) is 19.3 Å². The summed E-state index contributed by atoms with van der Waals surface area (Å²) in [5, 5.41) is 3.20. The maximum Gasteiger partial charge on any atom is 2.00 e. The molecule has 1 aliphatic rings. The van der Waals surface area contributed by atoms with E-state index >= 15 is 0 Å². The Hall–Kier alpha value is -1.04. The summed E-state index contributed by atoms with van der Waals surface area (Å²) in [5.41, 5.74) is 1.58. The number of carbonyl (C=O) groups is 1. The van der Waals surface area contributed by atoms with Crippen LogP contribution in [-0.2, 0) is 16.0 Å². The number of aromatic nitrogens is 2. The molecule has 1 aromatic carbocycles. The number of hydrogen-bond donors (Lipinski definition) is 1. The van der Waals surface area contributed by atoms with E-state index < -0.39 is 5.82 Å². The predicted octanol–water partition coefficient (Wildman–Crippen LogP) is 3.01. The van der Waals surface area contributed by atoms with Gasteiger partial charge in [-0.3, -0.25) is 4.90 Å². The van der Waals surface area contributed by atoms with Crippen LogP contribution in [0.25, 0.3) is 0 Å². The summed E-state index contributed by atoms with van der Waals surface area (Å²) in [6.45, 7) is 4.30. The third-order valence-corrected chi connectivity index (χ3v) is 4.62. The minimum Gasteiger partial charge on any atom is -0.379 e. The minimum atomic E-state index is -0.412. The van der Waals surface area contributed by atoms with Crippen LogP contribution < -0.4 is 5.32 Å². The Kier molecular flexibility index (Phi) is 10.6. The van der Waals surface area contributed by atoms with Crippen LogP contribution in [0.5, 0.6) is 0 Å². The van der Waals surface area contributed by atoms with E-state index in [-0.39, 0.29) is 50.5 Å². The van der Waals surface area contributed by atoms with Crippen LogP contribution in [0.2, 0.25) is 5.15 Å². The summed E-state index contributed by atoms with van der Waals surface area (Å²) in [6, 6.07) is 5.44. The number of nitrogens with one attached hydrogen (secondary N) is 1. The van der Waals surface area contributed by atoms with Crippen molar-refractivity contribution in [1.82, 2.24) is 14.9 Å². The molecular weight excluding hydrogens is 609 g/mol. The van der Waals surface area contributed by atoms with Gasteiger partial charge in [-0.2, -0.15) is 12.1 Å². The zero-order valence-electron chi connectivity index (χ0n) is 15.8. The average Bonchev–Trinajstić information content (AvgIpc) is 2.65. The molecule has 148 valence electrons. The Balaban J connectivity index is 0.00000196. The van der Waals surface area contributed by atoms with E-state index in [1.54, 1.807) is 19.2 Å². The number of nitrogens with zero attached hydrogens (tertiary/aromatic N) is 3. The topological polar surface area (TPSA) is 67.4 Å². The van der Waals surface area contributed by atoms with Gasteiger partial charge in [0.25, 0.3) is 0 Å². The van der Waals surface area contributed by atoms with Gasteiger partial charge >= 0.3 is 31.1 Å². The van der Waals surface area contributed by atoms with Gasteiger partial charge in [0.1, 0.15) is 11.4 Å². The van der Waals surface area contributed by atoms with Crippen molar-refractivity contribution < 1.29 is 45.0 Å². The number of morpholine rings is 1. The van der Waals surface area contributed by atoms with Crippen LogP contribution in [0.1, 0.15) is 11.1 Å². The molecule has 0 bridgehead atoms. The molecule has 0 amide bonds. The molecule has 1 aliphatic heterocycles. The molecular formula is C19H22ClFN4O2U. The summed E-state index contributed by atoms with van der Waals surface area (Å²) >= 11 is 5.96. The Bertz CT molecular complexity index is 791. The van der Waals surface area contributed by atoms with Gasteiger partial charge in [-0.05, 0) is 13.3 Å². The monoisotopic (exact) mass is 630 g/mol. The van der Waals surface area contributed by atoms with E-state index in [1.165, 1.54) is 6.07 Å². The predicted molar refractivity (Wildman–Crippen MR) is 103 cm³/mol. The summed E-state index contributed by atoms with van der Waals surface area (Å²) in [6.07, 6.45) is 2.73. The number of benzene rings is 1. The van der Waals surface area contributed by atoms with E-state index in [0.717, 1.165) is 11.8 Å². The molecule has 1 saturated heterocycles. The van der Waals surface area contributed by atoms with Crippen molar-refractivity contribution in [2.45, 2.75) is 19.4 Å². The molecule has 1 N–H and O–H groups in total. The Labute approximate surface area is 193 Å². The fraction of sp³-hybridized carbons (Fsp3) is 0.368. The zero-order chi connectivity index (χ0) is 18.5. The first-order valence-electron chi connectivity index (χ1n) is 8.30. The number of hydrogen-bond acceptors (Lipinski definition) is 6. The standard InChI is InChI=1S/C18H19ClFN4O2.CH3.U/c1-12-10-21-18(23-17(12)19)22-14-3-2-13(16(20)9-14)8-15(11-25)24-4-6-26-7-5-24;;/h2,9-11,15H,4-8H2,1H3,(H,21,22,23);1H3;/q2*-1;+2. The Morgan fingerprint density at radius 2 is 2.18 bits per heavy atom. The molecule has 2 heterocycles. The number of anilines is 2. The summed E-state index contributed by atoms with van der Waals surface area (Å²) < 4.78 is 19.8. The van der Waals surface area contributed by atoms with Gasteiger partial charge in [0.2, 0.25) is 5.95 Å². The van der Waals surface area contributed by atoms with Gasteiger partial charge in [-0.25, -0.2) is 14.4 Å². The maximum absolute atomic E-state index is 14.5. The molecule has 9 heteroatoms. The number of aryl methyl sites for hydroxylation is 1. The van der Waals surface area contributed by atoms with Crippen molar-refractivity contribution in [2.24, 2.45) is 0 Å². The number of ether oxygens (including phenoxy) is 1. The van der Waals surface area contributed by atoms with Crippen molar-refractivity contribution in [3.05, 3.63) is 53.9 Å². The molecule has 0 aliphatic carbocycles. The second-order valence-electron chi connectivity index (χ2n) is 6.07. The minimum absolute atomic E-state index is 0. The quantitative estimate of drug-likeness (QED) is 0.301. The van der Waals surface area contributed by atoms with Crippen LogP contribution in [0.3, 0.4) is 0 Å². The van der Waals surface area contributed by atoms with E-state index in [2.05, 4.69) is 21.4 Å². The fourth-order valence-corrected chi connectivity index (χ4v) is 2.85. The summed E-state index contributed by atoms with van der Waals surface area (Å²) in [5.74, 6) is -0.146. The van der Waals surface area contributed by atoms with Crippen molar-refractivity contribution in [3.63, 3.8) is 0 Å². The molecule has 0 radical (unpaired) electrons. The SMILES string of the molecule is Cc1cnc(Nc2[c-]cc(CC(C=O)N3CCOCC3)c(F)c2)nc1Cl.[CH3-].[U+2]. The van der Waals surface area contributed by atoms with Crippen molar-refractivity contribution in [2.75, 3.05) is 31.6 Å². The molecule has 6 nitrogen and oxygen atoms in total. The van der Waals surface area contributed by atoms with E-state index in [9.17, 15) is 9.18 Å². The van der Waals surface area contributed by atoms with E-state index in [4.69, 9.17) is 16.3 Å². The molecule has 1 fully saturated rings. The third kappa shape index (κ3) is 6.50. The van der Waals surface area contributed by atoms with Crippen LogP contribution in [0, 0.1) is 57.3 Å². The summed E-state index contributed by atoms with van der Waals surface area (Å²) in [7, 11) is 0. The normalized spacial score (nSPS) is 15.1. The van der Waals surface area contributed by atoms with Gasteiger partial charge in [-0.1, -0.05) is 17.3 Å². The molecule has 0 spiro atoms. The number of halogens is 2. The summed E-state index contributed by atoms with van der Waals surface area (Å²) in [4.78, 5) is 21.6. The largest absolute Gasteiger partial charge is 2.00 e. The number of carbonyl (C=O) groups excluding carboxylic acids is 1. The van der Waals surface area contributed by atoms with Crippen molar-refractivity contribution in [1.29, 1.82) is 0 Å². The zero-order valence-corrected chi connectivity index (χ0v) is 20.8. The second kappa shape index (κ2) is 11.8. The van der Waals surface area contributed by atoms with Gasteiger partial charge in [0, 0.05) is 30.7 Å². The Morgan fingerprint density at radius 3 is 2.79 bits per heavy atom. The second-order valence-corrected chi connectivity index (χ2v) is 6.43. The molecule has 1 atom stereocenters. The fourth-order valence-electron chi connectivity index (χ4n) is 2.72. The molecule has 2 aromatic rings. The van der Waals surface area contributed by atoms with Crippen molar-refractivity contribution in [3.8, 4) is 0 Å². The molecule has 1 unspecified atom stereocenters. The van der Waals surface area contributed by atoms with Crippen LogP contribution >= 0.6 is 11.6 Å². The van der Waals surface area contributed by atoms with Gasteiger partial charge < -0.3 is 22.3 Å². The molecule has 3 rings (SSSR count). The first-order valence-corrected chi connectivity index (χ1v) is 8.68. The van der Waals surface area contributed by atoms with Crippen molar-refractivity contribution >= 4 is 29.5 Å².